The van der Waals surface area contributed by atoms with Gasteiger partial charge in [-0.2, -0.15) is 0 Å². The van der Waals surface area contributed by atoms with Crippen LogP contribution in [0.25, 0.3) is 0 Å². The molecule has 0 aromatic heterocycles. The van der Waals surface area contributed by atoms with Crippen LogP contribution in [-0.4, -0.2) is 23.5 Å². The summed E-state index contributed by atoms with van der Waals surface area (Å²) in [6.07, 6.45) is -0.476. The van der Waals surface area contributed by atoms with Gasteiger partial charge < -0.3 is 9.47 Å². The summed E-state index contributed by atoms with van der Waals surface area (Å²) in [5.41, 5.74) is 1.19. The molecule has 0 bridgehead atoms. The van der Waals surface area contributed by atoms with Crippen molar-refractivity contribution in [3.63, 3.8) is 0 Å². The largest absolute Gasteiger partial charge is 0.466 e. The Hall–Kier alpha value is -2.62. The van der Waals surface area contributed by atoms with Crippen LogP contribution in [0, 0.1) is 0 Å². The van der Waals surface area contributed by atoms with E-state index in [1.807, 2.05) is 81.4 Å². The lowest BCUT2D eigenvalue weighted by atomic mass is 10.0. The second-order valence-electron chi connectivity index (χ2n) is 6.73. The molecular weight excluding hydrogens is 302 g/mol. The van der Waals surface area contributed by atoms with Crippen LogP contribution in [0.3, 0.4) is 0 Å². The number of carbonyl (C=O) groups excluding carboxylic acids is 1. The van der Waals surface area contributed by atoms with Gasteiger partial charge in [0.2, 0.25) is 5.90 Å². The number of rotatable bonds is 3. The smallest absolute Gasteiger partial charge is 0.335 e. The Labute approximate surface area is 142 Å². The van der Waals surface area contributed by atoms with Gasteiger partial charge in [0.15, 0.2) is 12.1 Å². The summed E-state index contributed by atoms with van der Waals surface area (Å²) in [6, 6.07) is 18.5. The van der Waals surface area contributed by atoms with Gasteiger partial charge in [0.1, 0.15) is 5.60 Å². The van der Waals surface area contributed by atoms with E-state index in [-0.39, 0.29) is 5.97 Å². The maximum Gasteiger partial charge on any atom is 0.335 e. The van der Waals surface area contributed by atoms with Crippen LogP contribution in [0.4, 0.5) is 0 Å². The first kappa shape index (κ1) is 16.2. The first-order chi connectivity index (χ1) is 11.4. The van der Waals surface area contributed by atoms with E-state index in [9.17, 15) is 4.79 Å². The molecule has 0 spiro atoms. The molecule has 0 saturated heterocycles. The van der Waals surface area contributed by atoms with Crippen LogP contribution in [0.2, 0.25) is 0 Å². The van der Waals surface area contributed by atoms with Gasteiger partial charge >= 0.3 is 5.97 Å². The zero-order valence-electron chi connectivity index (χ0n) is 14.1. The van der Waals surface area contributed by atoms with Crippen LogP contribution >= 0.6 is 0 Å². The van der Waals surface area contributed by atoms with Crippen LogP contribution in [-0.2, 0) is 14.3 Å². The van der Waals surface area contributed by atoms with Crippen molar-refractivity contribution >= 4 is 11.9 Å². The number of benzene rings is 2. The third-order valence-electron chi connectivity index (χ3n) is 3.58. The second kappa shape index (κ2) is 6.48. The predicted molar refractivity (Wildman–Crippen MR) is 92.9 cm³/mol. The standard InChI is InChI=1S/C20H21NO3/c1-20(2,3)24-19(22)16-17(14-10-6-4-7-11-14)23-18(21-16)15-12-8-5-9-13-15/h4-13,16-17H,1-3H3/t16-,17+/m0/s1. The zero-order chi connectivity index (χ0) is 17.2. The van der Waals surface area contributed by atoms with Crippen LogP contribution in [0.5, 0.6) is 0 Å². The first-order valence-corrected chi connectivity index (χ1v) is 8.02. The minimum absolute atomic E-state index is 0.373. The van der Waals surface area contributed by atoms with Gasteiger partial charge in [-0.25, -0.2) is 9.79 Å². The van der Waals surface area contributed by atoms with Crippen molar-refractivity contribution in [1.82, 2.24) is 0 Å². The quantitative estimate of drug-likeness (QED) is 0.805. The fourth-order valence-corrected chi connectivity index (χ4v) is 2.56. The second-order valence-corrected chi connectivity index (χ2v) is 6.73. The lowest BCUT2D eigenvalue weighted by Crippen LogP contribution is -2.33. The number of ether oxygens (including phenoxy) is 2. The van der Waals surface area contributed by atoms with Gasteiger partial charge in [-0.15, -0.1) is 0 Å². The highest BCUT2D eigenvalue weighted by Crippen LogP contribution is 2.32. The lowest BCUT2D eigenvalue weighted by molar-refractivity contribution is -0.158. The average Bonchev–Trinajstić information content (AvgIpc) is 3.00. The van der Waals surface area contributed by atoms with Gasteiger partial charge in [-0.3, -0.25) is 0 Å². The molecule has 1 aliphatic heterocycles. The van der Waals surface area contributed by atoms with E-state index in [2.05, 4.69) is 4.99 Å². The van der Waals surface area contributed by atoms with Gasteiger partial charge in [-0.05, 0) is 38.5 Å². The van der Waals surface area contributed by atoms with E-state index in [1.54, 1.807) is 0 Å². The highest BCUT2D eigenvalue weighted by molar-refractivity contribution is 5.98. The number of hydrogen-bond acceptors (Lipinski definition) is 4. The molecule has 2 aromatic carbocycles. The van der Waals surface area contributed by atoms with Crippen LogP contribution in [0.1, 0.15) is 38.0 Å². The molecule has 3 rings (SSSR count). The first-order valence-electron chi connectivity index (χ1n) is 8.02. The molecule has 124 valence electrons. The van der Waals surface area contributed by atoms with Gasteiger partial charge in [-0.1, -0.05) is 48.5 Å². The van der Waals surface area contributed by atoms with E-state index in [4.69, 9.17) is 9.47 Å². The molecule has 4 heteroatoms. The highest BCUT2D eigenvalue weighted by atomic mass is 16.6. The SMILES string of the molecule is CC(C)(C)OC(=O)[C@H]1N=C(c2ccccc2)O[C@@H]1c1ccccc1. The number of nitrogens with zero attached hydrogens (tertiary/aromatic N) is 1. The molecule has 1 aliphatic rings. The van der Waals surface area contributed by atoms with E-state index < -0.39 is 17.7 Å². The fourth-order valence-electron chi connectivity index (χ4n) is 2.56. The Morgan fingerprint density at radius 1 is 1.00 bits per heavy atom. The number of aliphatic imine (C=N–C) groups is 1. The molecule has 0 N–H and O–H groups in total. The van der Waals surface area contributed by atoms with E-state index in [0.29, 0.717) is 5.90 Å². The Bertz CT molecular complexity index is 732. The summed E-state index contributed by atoms with van der Waals surface area (Å²) in [6.45, 7) is 5.54. The van der Waals surface area contributed by atoms with Crippen molar-refractivity contribution in [2.45, 2.75) is 38.5 Å². The molecule has 24 heavy (non-hydrogen) atoms. The molecule has 0 saturated carbocycles. The van der Waals surface area contributed by atoms with Crippen LogP contribution < -0.4 is 0 Å². The monoisotopic (exact) mass is 323 g/mol. The van der Waals surface area contributed by atoms with Crippen molar-refractivity contribution in [3.8, 4) is 0 Å². The summed E-state index contributed by atoms with van der Waals surface area (Å²) in [4.78, 5) is 17.1. The zero-order valence-corrected chi connectivity index (χ0v) is 14.1. The Kier molecular flexibility index (Phi) is 4.38. The Morgan fingerprint density at radius 3 is 2.17 bits per heavy atom. The Morgan fingerprint density at radius 2 is 1.58 bits per heavy atom. The minimum atomic E-state index is -0.707. The highest BCUT2D eigenvalue weighted by Gasteiger charge is 2.40. The lowest BCUT2D eigenvalue weighted by Gasteiger charge is -2.23. The Balaban J connectivity index is 1.93. The van der Waals surface area contributed by atoms with Gasteiger partial charge in [0.25, 0.3) is 0 Å². The number of esters is 1. The van der Waals surface area contributed by atoms with E-state index in [1.165, 1.54) is 0 Å². The van der Waals surface area contributed by atoms with Crippen molar-refractivity contribution in [2.75, 3.05) is 0 Å². The van der Waals surface area contributed by atoms with E-state index in [0.717, 1.165) is 11.1 Å². The number of hydrogen-bond donors (Lipinski definition) is 0. The maximum atomic E-state index is 12.6. The van der Waals surface area contributed by atoms with Crippen molar-refractivity contribution < 1.29 is 14.3 Å². The molecule has 0 unspecified atom stereocenters. The molecule has 2 atom stereocenters. The molecule has 4 nitrogen and oxygen atoms in total. The predicted octanol–water partition coefficient (Wildman–Crippen LogP) is 3.92. The topological polar surface area (TPSA) is 47.9 Å². The van der Waals surface area contributed by atoms with Crippen LogP contribution in [0.15, 0.2) is 65.7 Å². The molecule has 0 amide bonds. The van der Waals surface area contributed by atoms with Crippen molar-refractivity contribution in [1.29, 1.82) is 0 Å². The minimum Gasteiger partial charge on any atom is -0.466 e. The number of carbonyl (C=O) groups is 1. The summed E-state index contributed by atoms with van der Waals surface area (Å²) < 4.78 is 11.6. The van der Waals surface area contributed by atoms with E-state index >= 15 is 0 Å². The third-order valence-corrected chi connectivity index (χ3v) is 3.58. The average molecular weight is 323 g/mol. The van der Waals surface area contributed by atoms with Crippen molar-refractivity contribution in [3.05, 3.63) is 71.8 Å². The van der Waals surface area contributed by atoms with Gasteiger partial charge in [0.05, 0.1) is 0 Å². The van der Waals surface area contributed by atoms with Crippen molar-refractivity contribution in [2.24, 2.45) is 4.99 Å². The normalized spacial score (nSPS) is 20.2. The van der Waals surface area contributed by atoms with Gasteiger partial charge in [0, 0.05) is 5.56 Å². The molecule has 2 aromatic rings. The summed E-state index contributed by atoms with van der Waals surface area (Å²) in [7, 11) is 0. The molecule has 0 fully saturated rings. The molecule has 0 radical (unpaired) electrons. The third kappa shape index (κ3) is 3.65. The maximum absolute atomic E-state index is 12.6. The molecule has 0 aliphatic carbocycles. The fraction of sp³-hybridized carbons (Fsp3) is 0.300. The summed E-state index contributed by atoms with van der Waals surface area (Å²) in [5.74, 6) is 0.0996. The summed E-state index contributed by atoms with van der Waals surface area (Å²) in [5, 5.41) is 0. The molecular formula is C20H21NO3. The molecule has 1 heterocycles. The summed E-state index contributed by atoms with van der Waals surface area (Å²) >= 11 is 0.